The third kappa shape index (κ3) is 4.16. The Morgan fingerprint density at radius 3 is 2.81 bits per heavy atom. The lowest BCUT2D eigenvalue weighted by Crippen LogP contribution is -2.43. The van der Waals surface area contributed by atoms with E-state index in [9.17, 15) is 4.79 Å². The van der Waals surface area contributed by atoms with Crippen LogP contribution in [0.5, 0.6) is 5.75 Å². The highest BCUT2D eigenvalue weighted by molar-refractivity contribution is 5.78. The first-order chi connectivity index (χ1) is 7.38. The van der Waals surface area contributed by atoms with Gasteiger partial charge in [0.1, 0.15) is 0 Å². The van der Waals surface area contributed by atoms with Gasteiger partial charge in [-0.25, -0.2) is 4.98 Å². The molecule has 0 unspecified atom stereocenters. The SMILES string of the molecule is CC(C)(C)NC(=O)COc1cccnc1N. The number of nitrogens with zero attached hydrogens (tertiary/aromatic N) is 1. The second-order valence-corrected chi connectivity index (χ2v) is 4.47. The first kappa shape index (κ1) is 12.3. The van der Waals surface area contributed by atoms with Crippen molar-refractivity contribution < 1.29 is 9.53 Å². The van der Waals surface area contributed by atoms with Crippen molar-refractivity contribution in [2.75, 3.05) is 12.3 Å². The molecule has 1 aromatic rings. The number of ether oxygens (including phenoxy) is 1. The van der Waals surface area contributed by atoms with Crippen LogP contribution in [-0.2, 0) is 4.79 Å². The highest BCUT2D eigenvalue weighted by Gasteiger charge is 2.14. The van der Waals surface area contributed by atoms with Gasteiger partial charge in [-0.1, -0.05) is 0 Å². The third-order valence-corrected chi connectivity index (χ3v) is 1.67. The van der Waals surface area contributed by atoms with E-state index < -0.39 is 0 Å². The number of anilines is 1. The van der Waals surface area contributed by atoms with E-state index in [1.54, 1.807) is 18.3 Å². The van der Waals surface area contributed by atoms with Crippen molar-refractivity contribution in [1.29, 1.82) is 0 Å². The fourth-order valence-corrected chi connectivity index (χ4v) is 1.12. The Bertz CT molecular complexity index is 372. The number of nitrogens with two attached hydrogens (primary N) is 1. The molecular formula is C11H17N3O2. The van der Waals surface area contributed by atoms with Crippen molar-refractivity contribution in [3.63, 3.8) is 0 Å². The zero-order valence-electron chi connectivity index (χ0n) is 9.78. The first-order valence-corrected chi connectivity index (χ1v) is 5.03. The predicted molar refractivity (Wildman–Crippen MR) is 62.0 cm³/mol. The number of pyridine rings is 1. The molecule has 0 spiro atoms. The first-order valence-electron chi connectivity index (χ1n) is 5.03. The summed E-state index contributed by atoms with van der Waals surface area (Å²) in [5.74, 6) is 0.522. The monoisotopic (exact) mass is 223 g/mol. The van der Waals surface area contributed by atoms with Gasteiger partial charge in [0.15, 0.2) is 18.2 Å². The molecule has 0 aliphatic carbocycles. The van der Waals surface area contributed by atoms with Gasteiger partial charge < -0.3 is 15.8 Å². The van der Waals surface area contributed by atoms with Crippen LogP contribution in [0.2, 0.25) is 0 Å². The summed E-state index contributed by atoms with van der Waals surface area (Å²) in [4.78, 5) is 15.3. The van der Waals surface area contributed by atoms with Crippen LogP contribution in [0.3, 0.4) is 0 Å². The van der Waals surface area contributed by atoms with Crippen LogP contribution in [-0.4, -0.2) is 23.0 Å². The Balaban J connectivity index is 2.47. The van der Waals surface area contributed by atoms with E-state index >= 15 is 0 Å². The quantitative estimate of drug-likeness (QED) is 0.800. The fourth-order valence-electron chi connectivity index (χ4n) is 1.12. The van der Waals surface area contributed by atoms with E-state index in [0.29, 0.717) is 5.75 Å². The van der Waals surface area contributed by atoms with Gasteiger partial charge in [-0.05, 0) is 32.9 Å². The second kappa shape index (κ2) is 4.83. The van der Waals surface area contributed by atoms with Crippen molar-refractivity contribution in [3.05, 3.63) is 18.3 Å². The van der Waals surface area contributed by atoms with Crippen molar-refractivity contribution in [1.82, 2.24) is 10.3 Å². The topological polar surface area (TPSA) is 77.2 Å². The molecule has 5 nitrogen and oxygen atoms in total. The number of nitrogens with one attached hydrogen (secondary N) is 1. The molecule has 0 fully saturated rings. The number of amides is 1. The molecule has 0 saturated heterocycles. The molecule has 1 amide bonds. The lowest BCUT2D eigenvalue weighted by atomic mass is 10.1. The summed E-state index contributed by atoms with van der Waals surface area (Å²) in [6.07, 6.45) is 1.57. The molecule has 88 valence electrons. The van der Waals surface area contributed by atoms with Crippen molar-refractivity contribution >= 4 is 11.7 Å². The molecule has 0 atom stereocenters. The minimum atomic E-state index is -0.263. The normalized spacial score (nSPS) is 10.9. The highest BCUT2D eigenvalue weighted by atomic mass is 16.5. The van der Waals surface area contributed by atoms with Crippen LogP contribution >= 0.6 is 0 Å². The number of carbonyl (C=O) groups is 1. The highest BCUT2D eigenvalue weighted by Crippen LogP contribution is 2.16. The minimum absolute atomic E-state index is 0.0623. The van der Waals surface area contributed by atoms with Crippen LogP contribution in [0, 0.1) is 0 Å². The molecule has 0 saturated carbocycles. The number of nitrogen functional groups attached to an aromatic ring is 1. The zero-order valence-corrected chi connectivity index (χ0v) is 9.78. The molecule has 0 aliphatic rings. The van der Waals surface area contributed by atoms with Crippen LogP contribution in [0.4, 0.5) is 5.82 Å². The maximum Gasteiger partial charge on any atom is 0.258 e. The Labute approximate surface area is 95.0 Å². The molecule has 0 aliphatic heterocycles. The van der Waals surface area contributed by atoms with Gasteiger partial charge in [-0.15, -0.1) is 0 Å². The van der Waals surface area contributed by atoms with Gasteiger partial charge >= 0.3 is 0 Å². The Kier molecular flexibility index (Phi) is 3.71. The molecule has 16 heavy (non-hydrogen) atoms. The molecule has 1 rings (SSSR count). The maximum absolute atomic E-state index is 11.4. The van der Waals surface area contributed by atoms with E-state index in [-0.39, 0.29) is 23.9 Å². The van der Waals surface area contributed by atoms with Crippen molar-refractivity contribution in [2.24, 2.45) is 0 Å². The standard InChI is InChI=1S/C11H17N3O2/c1-11(2,3)14-9(15)7-16-8-5-4-6-13-10(8)12/h4-6H,7H2,1-3H3,(H2,12,13)(H,14,15). The van der Waals surface area contributed by atoms with Crippen LogP contribution < -0.4 is 15.8 Å². The molecule has 5 heteroatoms. The summed E-state index contributed by atoms with van der Waals surface area (Å²) in [5, 5.41) is 2.78. The molecule has 1 heterocycles. The van der Waals surface area contributed by atoms with E-state index in [1.807, 2.05) is 20.8 Å². The molecule has 0 bridgehead atoms. The third-order valence-electron chi connectivity index (χ3n) is 1.67. The number of hydrogen-bond acceptors (Lipinski definition) is 4. The molecule has 3 N–H and O–H groups in total. The lowest BCUT2D eigenvalue weighted by Gasteiger charge is -2.20. The largest absolute Gasteiger partial charge is 0.480 e. The van der Waals surface area contributed by atoms with E-state index in [1.165, 1.54) is 0 Å². The Morgan fingerprint density at radius 2 is 2.25 bits per heavy atom. The average Bonchev–Trinajstić information content (AvgIpc) is 2.14. The van der Waals surface area contributed by atoms with Gasteiger partial charge in [0, 0.05) is 11.7 Å². The summed E-state index contributed by atoms with van der Waals surface area (Å²) < 4.78 is 5.24. The van der Waals surface area contributed by atoms with Gasteiger partial charge in [0.2, 0.25) is 0 Å². The van der Waals surface area contributed by atoms with Gasteiger partial charge in [0.05, 0.1) is 0 Å². The minimum Gasteiger partial charge on any atom is -0.480 e. The lowest BCUT2D eigenvalue weighted by molar-refractivity contribution is -0.124. The van der Waals surface area contributed by atoms with Crippen LogP contribution in [0.1, 0.15) is 20.8 Å². The summed E-state index contributed by atoms with van der Waals surface area (Å²) in [6.45, 7) is 5.66. The summed E-state index contributed by atoms with van der Waals surface area (Å²) in [7, 11) is 0. The molecule has 1 aromatic heterocycles. The number of hydrogen-bond donors (Lipinski definition) is 2. The number of carbonyl (C=O) groups excluding carboxylic acids is 1. The van der Waals surface area contributed by atoms with Crippen LogP contribution in [0.25, 0.3) is 0 Å². The van der Waals surface area contributed by atoms with Crippen molar-refractivity contribution in [2.45, 2.75) is 26.3 Å². The van der Waals surface area contributed by atoms with Crippen molar-refractivity contribution in [3.8, 4) is 5.75 Å². The Hall–Kier alpha value is -1.78. The Morgan fingerprint density at radius 1 is 1.56 bits per heavy atom. The van der Waals surface area contributed by atoms with Gasteiger partial charge in [0.25, 0.3) is 5.91 Å². The number of rotatable bonds is 3. The van der Waals surface area contributed by atoms with Crippen LogP contribution in [0.15, 0.2) is 18.3 Å². The van der Waals surface area contributed by atoms with E-state index in [4.69, 9.17) is 10.5 Å². The predicted octanol–water partition coefficient (Wildman–Crippen LogP) is 0.957. The fraction of sp³-hybridized carbons (Fsp3) is 0.455. The number of aromatic nitrogens is 1. The van der Waals surface area contributed by atoms with Gasteiger partial charge in [-0.2, -0.15) is 0 Å². The smallest absolute Gasteiger partial charge is 0.258 e. The maximum atomic E-state index is 11.4. The second-order valence-electron chi connectivity index (χ2n) is 4.47. The van der Waals surface area contributed by atoms with E-state index in [2.05, 4.69) is 10.3 Å². The average molecular weight is 223 g/mol. The molecule has 0 radical (unpaired) electrons. The zero-order chi connectivity index (χ0) is 12.2. The van der Waals surface area contributed by atoms with E-state index in [0.717, 1.165) is 0 Å². The van der Waals surface area contributed by atoms with Gasteiger partial charge in [-0.3, -0.25) is 4.79 Å². The summed E-state index contributed by atoms with van der Waals surface area (Å²) in [6, 6.07) is 3.38. The molecule has 0 aromatic carbocycles. The summed E-state index contributed by atoms with van der Waals surface area (Å²) in [5.41, 5.74) is 5.30. The molecular weight excluding hydrogens is 206 g/mol. The summed E-state index contributed by atoms with van der Waals surface area (Å²) >= 11 is 0.